The predicted octanol–water partition coefficient (Wildman–Crippen LogP) is 5.47. The topological polar surface area (TPSA) is 67.8 Å². The minimum absolute atomic E-state index is 0.201. The predicted molar refractivity (Wildman–Crippen MR) is 124 cm³/mol. The lowest BCUT2D eigenvalue weighted by molar-refractivity contribution is -0.120. The van der Waals surface area contributed by atoms with Crippen molar-refractivity contribution in [3.63, 3.8) is 0 Å². The van der Waals surface area contributed by atoms with Gasteiger partial charge in [0.1, 0.15) is 10.6 Å². The molecule has 0 saturated carbocycles. The molecular formula is C24H17ClN2O3S. The Morgan fingerprint density at radius 3 is 2.42 bits per heavy atom. The summed E-state index contributed by atoms with van der Waals surface area (Å²) in [6.07, 6.45) is 1.78. The van der Waals surface area contributed by atoms with Gasteiger partial charge < -0.3 is 4.74 Å². The SMILES string of the molecule is O=C(Cc1ccccc1)N/N=C\c1ccc(OC(=O)c2sc3ccccc3c2Cl)cc1. The Morgan fingerprint density at radius 2 is 1.68 bits per heavy atom. The summed E-state index contributed by atoms with van der Waals surface area (Å²) >= 11 is 7.64. The fourth-order valence-electron chi connectivity index (χ4n) is 2.92. The molecule has 0 radical (unpaired) electrons. The molecule has 3 aromatic carbocycles. The number of thiophene rings is 1. The number of ether oxygens (including phenoxy) is 1. The molecule has 1 N–H and O–H groups in total. The number of hydrazone groups is 1. The van der Waals surface area contributed by atoms with Gasteiger partial charge in [-0.15, -0.1) is 11.3 Å². The highest BCUT2D eigenvalue weighted by Gasteiger charge is 2.18. The molecule has 5 nitrogen and oxygen atoms in total. The summed E-state index contributed by atoms with van der Waals surface area (Å²) < 4.78 is 6.38. The molecule has 4 aromatic rings. The van der Waals surface area contributed by atoms with Gasteiger partial charge in [0.2, 0.25) is 5.91 Å². The van der Waals surface area contributed by atoms with E-state index in [1.165, 1.54) is 17.6 Å². The average Bonchev–Trinajstić information content (AvgIpc) is 3.12. The van der Waals surface area contributed by atoms with Crippen LogP contribution in [-0.2, 0) is 11.2 Å². The first kappa shape index (κ1) is 20.8. The highest BCUT2D eigenvalue weighted by molar-refractivity contribution is 7.21. The zero-order valence-electron chi connectivity index (χ0n) is 16.2. The lowest BCUT2D eigenvalue weighted by Crippen LogP contribution is -2.19. The summed E-state index contributed by atoms with van der Waals surface area (Å²) in [5.41, 5.74) is 4.17. The van der Waals surface area contributed by atoms with Crippen molar-refractivity contribution in [3.8, 4) is 5.75 Å². The second kappa shape index (κ2) is 9.55. The molecule has 0 saturated heterocycles. The summed E-state index contributed by atoms with van der Waals surface area (Å²) in [5, 5.41) is 5.20. The number of carbonyl (C=O) groups excluding carboxylic acids is 2. The molecule has 0 aliphatic rings. The van der Waals surface area contributed by atoms with Crippen molar-refractivity contribution in [1.82, 2.24) is 5.43 Å². The van der Waals surface area contributed by atoms with Gasteiger partial charge in [-0.1, -0.05) is 60.1 Å². The fraction of sp³-hybridized carbons (Fsp3) is 0.0417. The quantitative estimate of drug-likeness (QED) is 0.184. The number of hydrogen-bond donors (Lipinski definition) is 1. The van der Waals surface area contributed by atoms with Crippen LogP contribution in [0.1, 0.15) is 20.8 Å². The van der Waals surface area contributed by atoms with Crippen molar-refractivity contribution < 1.29 is 14.3 Å². The van der Waals surface area contributed by atoms with Crippen molar-refractivity contribution in [2.45, 2.75) is 6.42 Å². The van der Waals surface area contributed by atoms with Crippen LogP contribution in [0.15, 0.2) is 84.0 Å². The van der Waals surface area contributed by atoms with Crippen molar-refractivity contribution in [2.24, 2.45) is 5.10 Å². The number of esters is 1. The summed E-state index contributed by atoms with van der Waals surface area (Å²) in [6.45, 7) is 0. The molecule has 0 aliphatic carbocycles. The second-order valence-electron chi connectivity index (χ2n) is 6.66. The van der Waals surface area contributed by atoms with E-state index >= 15 is 0 Å². The molecule has 0 spiro atoms. The first-order valence-electron chi connectivity index (χ1n) is 9.45. The minimum atomic E-state index is -0.499. The highest BCUT2D eigenvalue weighted by Crippen LogP contribution is 2.35. The molecule has 0 bridgehead atoms. The van der Waals surface area contributed by atoms with E-state index in [2.05, 4.69) is 10.5 Å². The molecule has 7 heteroatoms. The van der Waals surface area contributed by atoms with Crippen LogP contribution in [0, 0.1) is 0 Å². The summed E-state index contributed by atoms with van der Waals surface area (Å²) in [4.78, 5) is 24.8. The highest BCUT2D eigenvalue weighted by atomic mass is 35.5. The molecule has 1 aromatic heterocycles. The molecule has 0 aliphatic heterocycles. The zero-order valence-corrected chi connectivity index (χ0v) is 17.8. The van der Waals surface area contributed by atoms with E-state index < -0.39 is 5.97 Å². The van der Waals surface area contributed by atoms with E-state index in [4.69, 9.17) is 16.3 Å². The van der Waals surface area contributed by atoms with Crippen molar-refractivity contribution in [3.05, 3.63) is 99.9 Å². The number of hydrogen-bond acceptors (Lipinski definition) is 5. The first-order chi connectivity index (χ1) is 15.1. The van der Waals surface area contributed by atoms with Gasteiger partial charge in [-0.05, 0) is 41.5 Å². The van der Waals surface area contributed by atoms with Gasteiger partial charge >= 0.3 is 5.97 Å². The van der Waals surface area contributed by atoms with Crippen LogP contribution in [0.25, 0.3) is 10.1 Å². The molecule has 0 fully saturated rings. The van der Waals surface area contributed by atoms with E-state index in [0.29, 0.717) is 15.6 Å². The number of benzene rings is 3. The number of halogens is 1. The van der Waals surface area contributed by atoms with Crippen molar-refractivity contribution >= 4 is 51.1 Å². The van der Waals surface area contributed by atoms with Crippen LogP contribution in [0.2, 0.25) is 5.02 Å². The molecule has 0 atom stereocenters. The number of nitrogens with one attached hydrogen (secondary N) is 1. The van der Waals surface area contributed by atoms with Gasteiger partial charge in [0.05, 0.1) is 17.7 Å². The van der Waals surface area contributed by atoms with Crippen molar-refractivity contribution in [1.29, 1.82) is 0 Å². The van der Waals surface area contributed by atoms with Crippen molar-refractivity contribution in [2.75, 3.05) is 0 Å². The van der Waals surface area contributed by atoms with Gasteiger partial charge in [-0.2, -0.15) is 5.10 Å². The molecular weight excluding hydrogens is 432 g/mol. The van der Waals surface area contributed by atoms with E-state index in [0.717, 1.165) is 21.2 Å². The van der Waals surface area contributed by atoms with Gasteiger partial charge in [0, 0.05) is 10.1 Å². The summed E-state index contributed by atoms with van der Waals surface area (Å²) in [7, 11) is 0. The summed E-state index contributed by atoms with van der Waals surface area (Å²) in [5.74, 6) is -0.308. The number of nitrogens with zero attached hydrogens (tertiary/aromatic N) is 1. The molecule has 4 rings (SSSR count). The van der Waals surface area contributed by atoms with Crippen LogP contribution in [0.3, 0.4) is 0 Å². The Kier molecular flexibility index (Phi) is 6.40. The van der Waals surface area contributed by atoms with Crippen LogP contribution in [0.4, 0.5) is 0 Å². The Bertz CT molecular complexity index is 1250. The number of fused-ring (bicyclic) bond motifs is 1. The van der Waals surface area contributed by atoms with Crippen LogP contribution < -0.4 is 10.2 Å². The molecule has 31 heavy (non-hydrogen) atoms. The van der Waals surface area contributed by atoms with E-state index in [9.17, 15) is 9.59 Å². The lowest BCUT2D eigenvalue weighted by Gasteiger charge is -2.03. The third-order valence-electron chi connectivity index (χ3n) is 4.42. The fourth-order valence-corrected chi connectivity index (χ4v) is 4.31. The maximum atomic E-state index is 12.5. The first-order valence-corrected chi connectivity index (χ1v) is 10.6. The zero-order chi connectivity index (χ0) is 21.6. The Balaban J connectivity index is 1.34. The van der Waals surface area contributed by atoms with Gasteiger partial charge in [0.25, 0.3) is 0 Å². The standard InChI is InChI=1S/C24H17ClN2O3S/c25-22-19-8-4-5-9-20(19)31-23(22)24(29)30-18-12-10-17(11-13-18)15-26-27-21(28)14-16-6-2-1-3-7-16/h1-13,15H,14H2,(H,27,28)/b26-15-. The van der Waals surface area contributed by atoms with E-state index in [1.54, 1.807) is 24.3 Å². The van der Waals surface area contributed by atoms with Crippen LogP contribution in [0.5, 0.6) is 5.75 Å². The summed E-state index contributed by atoms with van der Waals surface area (Å²) in [6, 6.07) is 23.8. The third-order valence-corrected chi connectivity index (χ3v) is 6.08. The van der Waals surface area contributed by atoms with Crippen LogP contribution in [-0.4, -0.2) is 18.1 Å². The Morgan fingerprint density at radius 1 is 0.968 bits per heavy atom. The smallest absolute Gasteiger partial charge is 0.355 e. The monoisotopic (exact) mass is 448 g/mol. The maximum Gasteiger partial charge on any atom is 0.355 e. The van der Waals surface area contributed by atoms with Gasteiger partial charge in [-0.25, -0.2) is 10.2 Å². The lowest BCUT2D eigenvalue weighted by atomic mass is 10.1. The normalized spacial score (nSPS) is 11.0. The number of carbonyl (C=O) groups is 2. The molecule has 1 amide bonds. The molecule has 1 heterocycles. The molecule has 0 unspecified atom stereocenters. The number of rotatable bonds is 6. The Hall–Kier alpha value is -3.48. The van der Waals surface area contributed by atoms with Crippen LogP contribution >= 0.6 is 22.9 Å². The van der Waals surface area contributed by atoms with E-state index in [-0.39, 0.29) is 12.3 Å². The number of amides is 1. The second-order valence-corrected chi connectivity index (χ2v) is 8.09. The van der Waals surface area contributed by atoms with Gasteiger partial charge in [-0.3, -0.25) is 4.79 Å². The van der Waals surface area contributed by atoms with E-state index in [1.807, 2.05) is 54.6 Å². The average molecular weight is 449 g/mol. The molecule has 154 valence electrons. The Labute approximate surface area is 187 Å². The van der Waals surface area contributed by atoms with Gasteiger partial charge in [0.15, 0.2) is 0 Å². The minimum Gasteiger partial charge on any atom is -0.422 e. The third kappa shape index (κ3) is 5.17. The largest absolute Gasteiger partial charge is 0.422 e. The maximum absolute atomic E-state index is 12.5.